The second-order valence-corrected chi connectivity index (χ2v) is 3.40. The number of aromatic nitrogens is 2. The van der Waals surface area contributed by atoms with E-state index >= 15 is 0 Å². The molecule has 1 heterocycles. The lowest BCUT2D eigenvalue weighted by molar-refractivity contribution is 0.979. The van der Waals surface area contributed by atoms with Gasteiger partial charge in [-0.15, -0.1) is 23.5 Å². The monoisotopic (exact) mass is 187 g/mol. The summed E-state index contributed by atoms with van der Waals surface area (Å²) in [5.41, 5.74) is 6.43. The predicted octanol–water partition coefficient (Wildman–Crippen LogP) is 1.50. The van der Waals surface area contributed by atoms with Crippen molar-refractivity contribution < 1.29 is 0 Å². The van der Waals surface area contributed by atoms with Crippen LogP contribution in [0.2, 0.25) is 0 Å². The number of rotatable bonds is 2. The number of thioether (sulfide) groups is 2. The van der Waals surface area contributed by atoms with Crippen molar-refractivity contribution >= 4 is 29.2 Å². The molecule has 1 rings (SSSR count). The minimum absolute atomic E-state index is 0.688. The summed E-state index contributed by atoms with van der Waals surface area (Å²) < 4.78 is 0. The Kier molecular flexibility index (Phi) is 3.02. The molecule has 1 aromatic heterocycles. The molecule has 0 spiro atoms. The van der Waals surface area contributed by atoms with Crippen LogP contribution >= 0.6 is 23.5 Å². The quantitative estimate of drug-likeness (QED) is 0.561. The number of anilines is 1. The molecule has 0 aromatic carbocycles. The Bertz CT molecular complexity index is 229. The van der Waals surface area contributed by atoms with Crippen LogP contribution in [0.1, 0.15) is 0 Å². The number of nitrogens with zero attached hydrogens (tertiary/aromatic N) is 2. The van der Waals surface area contributed by atoms with Crippen molar-refractivity contribution in [2.45, 2.75) is 10.1 Å². The third-order valence-electron chi connectivity index (χ3n) is 1.20. The zero-order valence-corrected chi connectivity index (χ0v) is 8.00. The molecular weight excluding hydrogens is 178 g/mol. The van der Waals surface area contributed by atoms with Crippen LogP contribution in [0.25, 0.3) is 0 Å². The normalized spacial score (nSPS) is 10.0. The van der Waals surface area contributed by atoms with Crippen molar-refractivity contribution in [3.8, 4) is 0 Å². The van der Waals surface area contributed by atoms with Crippen molar-refractivity contribution in [1.29, 1.82) is 0 Å². The smallest absolute Gasteiger partial charge is 0.123 e. The highest BCUT2D eigenvalue weighted by Crippen LogP contribution is 2.26. The van der Waals surface area contributed by atoms with Crippen LogP contribution in [-0.4, -0.2) is 22.5 Å². The molecule has 0 aliphatic heterocycles. The van der Waals surface area contributed by atoms with Crippen molar-refractivity contribution in [1.82, 2.24) is 9.97 Å². The number of nitrogen functional groups attached to an aromatic ring is 1. The van der Waals surface area contributed by atoms with Crippen LogP contribution in [0.15, 0.2) is 16.4 Å². The van der Waals surface area contributed by atoms with E-state index in [-0.39, 0.29) is 0 Å². The van der Waals surface area contributed by atoms with Crippen LogP contribution in [0, 0.1) is 0 Å². The molecule has 0 saturated heterocycles. The summed E-state index contributed by atoms with van der Waals surface area (Å²) in [6, 6.07) is 0. The van der Waals surface area contributed by atoms with E-state index in [0.29, 0.717) is 5.69 Å². The molecule has 0 saturated carbocycles. The summed E-state index contributed by atoms with van der Waals surface area (Å²) in [7, 11) is 0. The first kappa shape index (κ1) is 8.67. The van der Waals surface area contributed by atoms with Crippen LogP contribution in [0.5, 0.6) is 0 Å². The van der Waals surface area contributed by atoms with Crippen LogP contribution < -0.4 is 5.73 Å². The molecule has 0 aliphatic rings. The minimum atomic E-state index is 0.688. The molecule has 1 aromatic rings. The summed E-state index contributed by atoms with van der Waals surface area (Å²) in [5.74, 6) is 0. The molecule has 0 atom stereocenters. The average molecular weight is 187 g/mol. The average Bonchev–Trinajstić information content (AvgIpc) is 2.05. The van der Waals surface area contributed by atoms with E-state index < -0.39 is 0 Å². The molecule has 11 heavy (non-hydrogen) atoms. The Morgan fingerprint density at radius 2 is 1.64 bits per heavy atom. The van der Waals surface area contributed by atoms with E-state index in [9.17, 15) is 0 Å². The number of nitrogens with two attached hydrogens (primary N) is 1. The Labute approximate surface area is 74.2 Å². The largest absolute Gasteiger partial charge is 0.394 e. The molecule has 0 radical (unpaired) electrons. The van der Waals surface area contributed by atoms with Crippen molar-refractivity contribution in [3.05, 3.63) is 6.33 Å². The van der Waals surface area contributed by atoms with Gasteiger partial charge in [-0.25, -0.2) is 9.97 Å². The molecule has 0 amide bonds. The molecule has 2 N–H and O–H groups in total. The van der Waals surface area contributed by atoms with Gasteiger partial charge < -0.3 is 5.73 Å². The maximum Gasteiger partial charge on any atom is 0.123 e. The van der Waals surface area contributed by atoms with E-state index in [2.05, 4.69) is 9.97 Å². The first-order valence-corrected chi connectivity index (χ1v) is 5.43. The van der Waals surface area contributed by atoms with Gasteiger partial charge >= 0.3 is 0 Å². The van der Waals surface area contributed by atoms with Gasteiger partial charge in [0.1, 0.15) is 16.4 Å². The Morgan fingerprint density at radius 3 is 2.00 bits per heavy atom. The van der Waals surface area contributed by atoms with Gasteiger partial charge in [0.25, 0.3) is 0 Å². The third-order valence-corrected chi connectivity index (χ3v) is 2.62. The van der Waals surface area contributed by atoms with Gasteiger partial charge in [0, 0.05) is 0 Å². The van der Waals surface area contributed by atoms with Crippen LogP contribution in [0.3, 0.4) is 0 Å². The molecule has 0 fully saturated rings. The van der Waals surface area contributed by atoms with E-state index in [1.54, 1.807) is 0 Å². The maximum absolute atomic E-state index is 5.74. The van der Waals surface area contributed by atoms with Gasteiger partial charge in [-0.2, -0.15) is 0 Å². The van der Waals surface area contributed by atoms with Gasteiger partial charge in [-0.1, -0.05) is 0 Å². The molecule has 3 nitrogen and oxygen atoms in total. The molecule has 60 valence electrons. The lowest BCUT2D eigenvalue weighted by Crippen LogP contribution is -1.96. The summed E-state index contributed by atoms with van der Waals surface area (Å²) in [4.78, 5) is 8.04. The van der Waals surface area contributed by atoms with Crippen LogP contribution in [-0.2, 0) is 0 Å². The predicted molar refractivity (Wildman–Crippen MR) is 50.0 cm³/mol. The molecule has 0 bridgehead atoms. The van der Waals surface area contributed by atoms with Crippen molar-refractivity contribution in [2.75, 3.05) is 18.2 Å². The summed E-state index contributed by atoms with van der Waals surface area (Å²) in [6.45, 7) is 0. The van der Waals surface area contributed by atoms with Crippen LogP contribution in [0.4, 0.5) is 5.69 Å². The minimum Gasteiger partial charge on any atom is -0.394 e. The lowest BCUT2D eigenvalue weighted by atomic mass is 10.6. The summed E-state index contributed by atoms with van der Waals surface area (Å²) in [5, 5.41) is 1.70. The zero-order chi connectivity index (χ0) is 8.27. The van der Waals surface area contributed by atoms with E-state index in [4.69, 9.17) is 5.73 Å². The van der Waals surface area contributed by atoms with Crippen molar-refractivity contribution in [2.24, 2.45) is 0 Å². The SMILES string of the molecule is CSc1ncnc(SC)c1N. The first-order valence-electron chi connectivity index (χ1n) is 2.98. The van der Waals surface area contributed by atoms with Crippen molar-refractivity contribution in [3.63, 3.8) is 0 Å². The third kappa shape index (κ3) is 1.78. The molecule has 0 aliphatic carbocycles. The van der Waals surface area contributed by atoms with E-state index in [1.807, 2.05) is 12.5 Å². The summed E-state index contributed by atoms with van der Waals surface area (Å²) >= 11 is 3.07. The topological polar surface area (TPSA) is 51.8 Å². The fraction of sp³-hybridized carbons (Fsp3) is 0.333. The second-order valence-electron chi connectivity index (χ2n) is 1.81. The highest BCUT2D eigenvalue weighted by Gasteiger charge is 2.04. The van der Waals surface area contributed by atoms with Gasteiger partial charge in [0.15, 0.2) is 0 Å². The maximum atomic E-state index is 5.74. The van der Waals surface area contributed by atoms with E-state index in [1.165, 1.54) is 29.9 Å². The molecule has 0 unspecified atom stereocenters. The highest BCUT2D eigenvalue weighted by molar-refractivity contribution is 7.99. The zero-order valence-electron chi connectivity index (χ0n) is 6.37. The second kappa shape index (κ2) is 3.82. The number of hydrogen-bond donors (Lipinski definition) is 1. The van der Waals surface area contributed by atoms with Gasteiger partial charge in [0.05, 0.1) is 5.69 Å². The van der Waals surface area contributed by atoms with Gasteiger partial charge in [-0.05, 0) is 12.5 Å². The van der Waals surface area contributed by atoms with Gasteiger partial charge in [0.2, 0.25) is 0 Å². The highest BCUT2D eigenvalue weighted by atomic mass is 32.2. The fourth-order valence-electron chi connectivity index (χ4n) is 0.690. The Morgan fingerprint density at radius 1 is 1.18 bits per heavy atom. The lowest BCUT2D eigenvalue weighted by Gasteiger charge is -2.03. The van der Waals surface area contributed by atoms with E-state index in [0.717, 1.165) is 10.1 Å². The van der Waals surface area contributed by atoms with Gasteiger partial charge in [-0.3, -0.25) is 0 Å². The standard InChI is InChI=1S/C6H9N3S2/c1-10-5-4(7)6(11-2)9-3-8-5/h3H,7H2,1-2H3. The summed E-state index contributed by atoms with van der Waals surface area (Å²) in [6.07, 6.45) is 5.43. The molecule has 5 heteroatoms. The first-order chi connectivity index (χ1) is 5.29. The number of hydrogen-bond acceptors (Lipinski definition) is 5. The fourth-order valence-corrected chi connectivity index (χ4v) is 1.69. The Balaban J connectivity index is 3.10. The molecular formula is C6H9N3S2. The Hall–Kier alpha value is -0.420.